The Bertz CT molecular complexity index is 1030. The summed E-state index contributed by atoms with van der Waals surface area (Å²) in [5, 5.41) is 12.0. The lowest BCUT2D eigenvalue weighted by atomic mass is 10.0. The summed E-state index contributed by atoms with van der Waals surface area (Å²) in [5.74, 6) is 0.133. The first-order valence-electron chi connectivity index (χ1n) is 9.96. The maximum atomic E-state index is 11.5. The van der Waals surface area contributed by atoms with Crippen LogP contribution in [0, 0.1) is 6.92 Å². The molecule has 0 aliphatic rings. The van der Waals surface area contributed by atoms with Gasteiger partial charge in [-0.2, -0.15) is 0 Å². The van der Waals surface area contributed by atoms with Gasteiger partial charge in [0.15, 0.2) is 0 Å². The van der Waals surface area contributed by atoms with E-state index in [1.807, 2.05) is 18.2 Å². The molecule has 0 unspecified atom stereocenters. The van der Waals surface area contributed by atoms with Crippen LogP contribution in [-0.2, 0) is 4.74 Å². The number of hydrogen-bond acceptors (Lipinski definition) is 5. The molecule has 0 fully saturated rings. The molecular weight excluding hydrogens is 390 g/mol. The number of methoxy groups -OCH3 is 1. The first-order chi connectivity index (χ1) is 15.0. The summed E-state index contributed by atoms with van der Waals surface area (Å²) in [4.78, 5) is 13.6. The number of carbonyl (C=O) groups excluding carboxylic acids is 1. The van der Waals surface area contributed by atoms with Crippen LogP contribution in [-0.4, -0.2) is 31.4 Å². The molecule has 0 saturated heterocycles. The van der Waals surface area contributed by atoms with Gasteiger partial charge in [0, 0.05) is 30.6 Å². The van der Waals surface area contributed by atoms with Crippen molar-refractivity contribution >= 4 is 17.3 Å². The summed E-state index contributed by atoms with van der Waals surface area (Å²) in [7, 11) is 1.67. The molecule has 3 aromatic carbocycles. The quantitative estimate of drug-likeness (QED) is 0.344. The number of anilines is 2. The summed E-state index contributed by atoms with van der Waals surface area (Å²) in [6.07, 6.45) is 0. The van der Waals surface area contributed by atoms with Crippen molar-refractivity contribution in [3.05, 3.63) is 96.3 Å². The lowest BCUT2D eigenvalue weighted by molar-refractivity contribution is 0.0706. The van der Waals surface area contributed by atoms with Crippen molar-refractivity contribution in [3.8, 4) is 11.1 Å². The van der Waals surface area contributed by atoms with Gasteiger partial charge in [-0.3, -0.25) is 10.0 Å². The standard InChI is InChI=1S/C25H27N3O3/c1-18-17-22(20-7-5-4-6-8-20)11-14-24(18)28(15-16-31-3)19(2)26-23-12-9-21(10-13-23)25(29)27-30/h4-14,17,26,30H,2,15-16H2,1,3H3,(H,27,29). The van der Waals surface area contributed by atoms with Crippen LogP contribution in [0.3, 0.4) is 0 Å². The van der Waals surface area contributed by atoms with E-state index in [4.69, 9.17) is 9.94 Å². The number of rotatable bonds is 9. The minimum absolute atomic E-state index is 0.363. The number of carbonyl (C=O) groups is 1. The van der Waals surface area contributed by atoms with E-state index in [1.54, 1.807) is 36.9 Å². The van der Waals surface area contributed by atoms with E-state index in [0.29, 0.717) is 24.5 Å². The molecule has 0 aliphatic carbocycles. The fourth-order valence-electron chi connectivity index (χ4n) is 3.36. The van der Waals surface area contributed by atoms with E-state index in [-0.39, 0.29) is 0 Å². The van der Waals surface area contributed by atoms with Crippen molar-refractivity contribution in [2.45, 2.75) is 6.92 Å². The Morgan fingerprint density at radius 1 is 1.03 bits per heavy atom. The summed E-state index contributed by atoms with van der Waals surface area (Å²) in [6, 6.07) is 23.4. The van der Waals surface area contributed by atoms with E-state index in [0.717, 1.165) is 22.5 Å². The van der Waals surface area contributed by atoms with Gasteiger partial charge < -0.3 is 15.0 Å². The fraction of sp³-hybridized carbons (Fsp3) is 0.160. The molecule has 3 aromatic rings. The molecular formula is C25H27N3O3. The first kappa shape index (κ1) is 22.1. The second kappa shape index (κ2) is 10.4. The smallest absolute Gasteiger partial charge is 0.274 e. The molecule has 0 spiro atoms. The van der Waals surface area contributed by atoms with Crippen molar-refractivity contribution in [1.29, 1.82) is 0 Å². The Hall–Kier alpha value is -3.61. The second-order valence-corrected chi connectivity index (χ2v) is 7.10. The van der Waals surface area contributed by atoms with Crippen LogP contribution in [0.15, 0.2) is 85.2 Å². The number of hydroxylamine groups is 1. The van der Waals surface area contributed by atoms with Crippen LogP contribution < -0.4 is 15.7 Å². The van der Waals surface area contributed by atoms with Gasteiger partial charge in [-0.1, -0.05) is 43.0 Å². The second-order valence-electron chi connectivity index (χ2n) is 7.10. The largest absolute Gasteiger partial charge is 0.383 e. The number of nitrogens with zero attached hydrogens (tertiary/aromatic N) is 1. The third-order valence-electron chi connectivity index (χ3n) is 4.98. The van der Waals surface area contributed by atoms with Gasteiger partial charge in [0.2, 0.25) is 0 Å². The van der Waals surface area contributed by atoms with Gasteiger partial charge in [-0.15, -0.1) is 0 Å². The van der Waals surface area contributed by atoms with Gasteiger partial charge in [0.05, 0.1) is 6.61 Å². The lowest BCUT2D eigenvalue weighted by Crippen LogP contribution is -2.30. The van der Waals surface area contributed by atoms with Gasteiger partial charge in [0.1, 0.15) is 5.82 Å². The maximum absolute atomic E-state index is 11.5. The van der Waals surface area contributed by atoms with Crippen LogP contribution in [0.2, 0.25) is 0 Å². The van der Waals surface area contributed by atoms with Crippen LogP contribution in [0.4, 0.5) is 11.4 Å². The predicted molar refractivity (Wildman–Crippen MR) is 124 cm³/mol. The number of hydrogen-bond donors (Lipinski definition) is 3. The maximum Gasteiger partial charge on any atom is 0.274 e. The van der Waals surface area contributed by atoms with Crippen molar-refractivity contribution in [2.75, 3.05) is 30.5 Å². The first-order valence-corrected chi connectivity index (χ1v) is 9.96. The van der Waals surface area contributed by atoms with Crippen LogP contribution in [0.5, 0.6) is 0 Å². The van der Waals surface area contributed by atoms with E-state index < -0.39 is 5.91 Å². The fourth-order valence-corrected chi connectivity index (χ4v) is 3.36. The highest BCUT2D eigenvalue weighted by Crippen LogP contribution is 2.29. The Labute approximate surface area is 182 Å². The number of benzene rings is 3. The molecule has 0 aliphatic heterocycles. The number of aryl methyl sites for hydroxylation is 1. The van der Waals surface area contributed by atoms with Crippen LogP contribution in [0.25, 0.3) is 11.1 Å². The van der Waals surface area contributed by atoms with Gasteiger partial charge in [-0.05, 0) is 60.0 Å². The average molecular weight is 418 g/mol. The van der Waals surface area contributed by atoms with E-state index in [1.165, 1.54) is 5.56 Å². The minimum atomic E-state index is -0.554. The molecule has 3 rings (SSSR count). The predicted octanol–water partition coefficient (Wildman–Crippen LogP) is 4.82. The molecule has 0 bridgehead atoms. The normalized spacial score (nSPS) is 10.4. The zero-order valence-corrected chi connectivity index (χ0v) is 17.8. The topological polar surface area (TPSA) is 73.8 Å². The summed E-state index contributed by atoms with van der Waals surface area (Å²) in [5.41, 5.74) is 7.25. The summed E-state index contributed by atoms with van der Waals surface area (Å²) < 4.78 is 5.30. The Morgan fingerprint density at radius 3 is 2.35 bits per heavy atom. The van der Waals surface area contributed by atoms with E-state index >= 15 is 0 Å². The summed E-state index contributed by atoms with van der Waals surface area (Å²) in [6.45, 7) is 7.46. The molecule has 0 radical (unpaired) electrons. The molecule has 160 valence electrons. The highest BCUT2D eigenvalue weighted by molar-refractivity contribution is 5.93. The summed E-state index contributed by atoms with van der Waals surface area (Å²) >= 11 is 0. The molecule has 0 aromatic heterocycles. The number of amides is 1. The average Bonchev–Trinajstić information content (AvgIpc) is 2.80. The lowest BCUT2D eigenvalue weighted by Gasteiger charge is -2.29. The Balaban J connectivity index is 1.82. The third-order valence-corrected chi connectivity index (χ3v) is 4.98. The highest BCUT2D eigenvalue weighted by atomic mass is 16.5. The molecule has 0 saturated carbocycles. The van der Waals surface area contributed by atoms with Crippen LogP contribution >= 0.6 is 0 Å². The minimum Gasteiger partial charge on any atom is -0.383 e. The molecule has 6 nitrogen and oxygen atoms in total. The Morgan fingerprint density at radius 2 is 1.74 bits per heavy atom. The highest BCUT2D eigenvalue weighted by Gasteiger charge is 2.14. The van der Waals surface area contributed by atoms with E-state index in [9.17, 15) is 4.79 Å². The zero-order chi connectivity index (χ0) is 22.2. The molecule has 0 atom stereocenters. The van der Waals surface area contributed by atoms with Crippen molar-refractivity contribution < 1.29 is 14.7 Å². The molecule has 31 heavy (non-hydrogen) atoms. The molecule has 3 N–H and O–H groups in total. The third kappa shape index (κ3) is 5.51. The van der Waals surface area contributed by atoms with Gasteiger partial charge in [0.25, 0.3) is 5.91 Å². The van der Waals surface area contributed by atoms with Crippen molar-refractivity contribution in [2.24, 2.45) is 0 Å². The van der Waals surface area contributed by atoms with Crippen LogP contribution in [0.1, 0.15) is 15.9 Å². The number of nitrogens with one attached hydrogen (secondary N) is 2. The van der Waals surface area contributed by atoms with E-state index in [2.05, 4.69) is 54.1 Å². The molecule has 1 amide bonds. The molecule has 6 heteroatoms. The van der Waals surface area contributed by atoms with Gasteiger partial charge >= 0.3 is 0 Å². The monoisotopic (exact) mass is 417 g/mol. The SMILES string of the molecule is C=C(Nc1ccc(C(=O)NO)cc1)N(CCOC)c1ccc(-c2ccccc2)cc1C. The zero-order valence-electron chi connectivity index (χ0n) is 17.8. The van der Waals surface area contributed by atoms with Gasteiger partial charge in [-0.25, -0.2) is 5.48 Å². The Kier molecular flexibility index (Phi) is 7.43. The van der Waals surface area contributed by atoms with Crippen molar-refractivity contribution in [3.63, 3.8) is 0 Å². The number of ether oxygens (including phenoxy) is 1. The molecule has 0 heterocycles. The van der Waals surface area contributed by atoms with Crippen molar-refractivity contribution in [1.82, 2.24) is 5.48 Å².